The van der Waals surface area contributed by atoms with Gasteiger partial charge in [-0.2, -0.15) is 0 Å². The molecule has 1 N–H and O–H groups in total. The van der Waals surface area contributed by atoms with Crippen LogP contribution in [0.2, 0.25) is 0 Å². The molecule has 0 saturated heterocycles. The van der Waals surface area contributed by atoms with Crippen LogP contribution in [0.15, 0.2) is 23.8 Å². The van der Waals surface area contributed by atoms with Crippen LogP contribution in [-0.4, -0.2) is 28.4 Å². The lowest BCUT2D eigenvalue weighted by Crippen LogP contribution is -2.29. The van der Waals surface area contributed by atoms with Crippen LogP contribution in [0.5, 0.6) is 11.5 Å². The van der Waals surface area contributed by atoms with Crippen LogP contribution in [0, 0.1) is 0 Å². The van der Waals surface area contributed by atoms with E-state index in [0.717, 1.165) is 0 Å². The predicted octanol–water partition coefficient (Wildman–Crippen LogP) is 3.39. The second-order valence-corrected chi connectivity index (χ2v) is 7.07. The summed E-state index contributed by atoms with van der Waals surface area (Å²) in [5, 5.41) is 9.43. The molecule has 24 heavy (non-hydrogen) atoms. The Morgan fingerprint density at radius 2 is 1.71 bits per heavy atom. The second kappa shape index (κ2) is 5.85. The van der Waals surface area contributed by atoms with Crippen molar-refractivity contribution in [2.75, 3.05) is 0 Å². The van der Waals surface area contributed by atoms with Gasteiger partial charge in [0.1, 0.15) is 11.2 Å². The predicted molar refractivity (Wildman–Crippen MR) is 87.9 cm³/mol. The molecule has 0 unspecified atom stereocenters. The van der Waals surface area contributed by atoms with Gasteiger partial charge in [0, 0.05) is 13.8 Å². The van der Waals surface area contributed by atoms with E-state index in [-0.39, 0.29) is 0 Å². The van der Waals surface area contributed by atoms with Crippen molar-refractivity contribution in [3.63, 3.8) is 0 Å². The van der Waals surface area contributed by atoms with Gasteiger partial charge >= 0.3 is 11.9 Å². The fraction of sp³-hybridized carbons (Fsp3) is 0.444. The van der Waals surface area contributed by atoms with Crippen molar-refractivity contribution in [3.05, 3.63) is 29.3 Å². The lowest BCUT2D eigenvalue weighted by molar-refractivity contribution is -0.152. The molecule has 1 aliphatic rings. The highest BCUT2D eigenvalue weighted by Gasteiger charge is 2.32. The number of carbonyl (C=O) groups is 2. The van der Waals surface area contributed by atoms with E-state index < -0.39 is 28.9 Å². The molecule has 0 saturated carbocycles. The molecule has 0 amide bonds. The van der Waals surface area contributed by atoms with E-state index in [2.05, 4.69) is 0 Å². The number of carboxylic acids is 1. The Balaban J connectivity index is 2.43. The highest BCUT2D eigenvalue weighted by molar-refractivity contribution is 6.19. The van der Waals surface area contributed by atoms with E-state index in [9.17, 15) is 14.7 Å². The Hall–Kier alpha value is -2.50. The molecule has 0 aromatic heterocycles. The number of aliphatic carboxylic acids is 1. The van der Waals surface area contributed by atoms with Crippen LogP contribution >= 0.6 is 0 Å². The Morgan fingerprint density at radius 3 is 2.25 bits per heavy atom. The molecular formula is C18H22O6. The van der Waals surface area contributed by atoms with Crippen molar-refractivity contribution >= 4 is 17.5 Å². The molecule has 0 atom stereocenters. The maximum absolute atomic E-state index is 12.2. The topological polar surface area (TPSA) is 82.1 Å². The summed E-state index contributed by atoms with van der Waals surface area (Å²) in [7, 11) is 0. The van der Waals surface area contributed by atoms with E-state index in [1.54, 1.807) is 59.7 Å². The molecule has 0 radical (unpaired) electrons. The van der Waals surface area contributed by atoms with Crippen LogP contribution < -0.4 is 9.47 Å². The van der Waals surface area contributed by atoms with Gasteiger partial charge in [0.05, 0.1) is 0 Å². The van der Waals surface area contributed by atoms with Gasteiger partial charge in [0.2, 0.25) is 5.79 Å². The fourth-order valence-electron chi connectivity index (χ4n) is 2.33. The molecule has 130 valence electrons. The van der Waals surface area contributed by atoms with E-state index >= 15 is 0 Å². The molecule has 0 fully saturated rings. The molecule has 0 aliphatic carbocycles. The summed E-state index contributed by atoms with van der Waals surface area (Å²) in [5.74, 6) is -1.90. The zero-order valence-corrected chi connectivity index (χ0v) is 14.7. The van der Waals surface area contributed by atoms with Crippen LogP contribution in [0.1, 0.15) is 47.1 Å². The smallest absolute Gasteiger partial charge is 0.346 e. The third kappa shape index (κ3) is 3.88. The minimum Gasteiger partial charge on any atom is -0.477 e. The summed E-state index contributed by atoms with van der Waals surface area (Å²) >= 11 is 0. The molecule has 1 aromatic carbocycles. The number of carbonyl (C=O) groups excluding carboxylic acids is 1. The normalized spacial score (nSPS) is 16.4. The number of fused-ring (bicyclic) bond motifs is 1. The zero-order valence-electron chi connectivity index (χ0n) is 14.7. The van der Waals surface area contributed by atoms with Gasteiger partial charge in [0.15, 0.2) is 11.5 Å². The monoisotopic (exact) mass is 334 g/mol. The van der Waals surface area contributed by atoms with E-state index in [0.29, 0.717) is 22.6 Å². The fourth-order valence-corrected chi connectivity index (χ4v) is 2.33. The highest BCUT2D eigenvalue weighted by atomic mass is 16.7. The lowest BCUT2D eigenvalue weighted by atomic mass is 10.0. The van der Waals surface area contributed by atoms with Crippen molar-refractivity contribution in [2.45, 2.75) is 52.9 Å². The summed E-state index contributed by atoms with van der Waals surface area (Å²) in [6.07, 6.45) is 0. The third-order valence-electron chi connectivity index (χ3n) is 3.28. The number of allylic oxidation sites excluding steroid dienone is 1. The van der Waals surface area contributed by atoms with E-state index in [1.807, 2.05) is 0 Å². The van der Waals surface area contributed by atoms with Gasteiger partial charge in [-0.25, -0.2) is 9.59 Å². The van der Waals surface area contributed by atoms with Gasteiger partial charge in [-0.05, 0) is 51.0 Å². The zero-order chi connectivity index (χ0) is 18.3. The molecule has 1 aromatic rings. The first kappa shape index (κ1) is 17.8. The van der Waals surface area contributed by atoms with Gasteiger partial charge in [-0.3, -0.25) is 0 Å². The minimum atomic E-state index is -1.33. The number of hydrogen-bond donors (Lipinski definition) is 1. The van der Waals surface area contributed by atoms with Crippen molar-refractivity contribution in [1.29, 1.82) is 0 Å². The summed E-state index contributed by atoms with van der Waals surface area (Å²) in [4.78, 5) is 23.8. The number of carboxylic acid groups (broad SMARTS) is 1. The number of ether oxygens (including phenoxy) is 3. The first-order valence-electron chi connectivity index (χ1n) is 7.59. The molecule has 1 aliphatic heterocycles. The average molecular weight is 334 g/mol. The average Bonchev–Trinajstić information content (AvgIpc) is 2.68. The third-order valence-corrected chi connectivity index (χ3v) is 3.28. The SMILES string of the molecule is C/C(=C(/C(=O)O)C(=O)OC(C)(C)C)c1ccc2c(c1)OC(C)(C)O2. The second-order valence-electron chi connectivity index (χ2n) is 7.07. The Bertz CT molecular complexity index is 722. The van der Waals surface area contributed by atoms with E-state index in [1.165, 1.54) is 0 Å². The first-order valence-corrected chi connectivity index (χ1v) is 7.59. The molecular weight excluding hydrogens is 312 g/mol. The Labute approximate surface area is 141 Å². The van der Waals surface area contributed by atoms with Crippen LogP contribution in [-0.2, 0) is 14.3 Å². The van der Waals surface area contributed by atoms with Crippen LogP contribution in [0.3, 0.4) is 0 Å². The van der Waals surface area contributed by atoms with E-state index in [4.69, 9.17) is 14.2 Å². The number of esters is 1. The quantitative estimate of drug-likeness (QED) is 0.395. The van der Waals surface area contributed by atoms with Gasteiger partial charge in [-0.15, -0.1) is 0 Å². The van der Waals surface area contributed by atoms with Crippen molar-refractivity contribution in [2.24, 2.45) is 0 Å². The van der Waals surface area contributed by atoms with Crippen LogP contribution in [0.25, 0.3) is 5.57 Å². The molecule has 0 bridgehead atoms. The lowest BCUT2D eigenvalue weighted by Gasteiger charge is -2.20. The van der Waals surface area contributed by atoms with Gasteiger partial charge < -0.3 is 19.3 Å². The van der Waals surface area contributed by atoms with Gasteiger partial charge in [-0.1, -0.05) is 6.07 Å². The van der Waals surface area contributed by atoms with Crippen molar-refractivity contribution < 1.29 is 28.9 Å². The van der Waals surface area contributed by atoms with Crippen molar-refractivity contribution in [3.8, 4) is 11.5 Å². The summed E-state index contributed by atoms with van der Waals surface area (Å²) < 4.78 is 16.5. The summed E-state index contributed by atoms with van der Waals surface area (Å²) in [6.45, 7) is 10.2. The van der Waals surface area contributed by atoms with Crippen molar-refractivity contribution in [1.82, 2.24) is 0 Å². The van der Waals surface area contributed by atoms with Crippen LogP contribution in [0.4, 0.5) is 0 Å². The highest BCUT2D eigenvalue weighted by Crippen LogP contribution is 2.41. The first-order chi connectivity index (χ1) is 10.9. The summed E-state index contributed by atoms with van der Waals surface area (Å²) in [5.41, 5.74) is -0.328. The number of benzene rings is 1. The number of rotatable bonds is 3. The largest absolute Gasteiger partial charge is 0.477 e. The van der Waals surface area contributed by atoms with Gasteiger partial charge in [0.25, 0.3) is 0 Å². The Kier molecular flexibility index (Phi) is 4.35. The molecule has 6 nitrogen and oxygen atoms in total. The maximum atomic E-state index is 12.2. The minimum absolute atomic E-state index is 0.299. The molecule has 6 heteroatoms. The Morgan fingerprint density at radius 1 is 1.12 bits per heavy atom. The standard InChI is InChI=1S/C18H22O6/c1-10(14(15(19)20)16(21)24-17(2,3)4)11-7-8-12-13(9-11)23-18(5,6)22-12/h7-9H,1-6H3,(H,19,20)/b14-10+. The molecule has 1 heterocycles. The number of hydrogen-bond acceptors (Lipinski definition) is 5. The molecule has 0 spiro atoms. The maximum Gasteiger partial charge on any atom is 0.346 e. The summed E-state index contributed by atoms with van der Waals surface area (Å²) in [6, 6.07) is 5.04. The molecule has 2 rings (SSSR count).